The van der Waals surface area contributed by atoms with Crippen LogP contribution in [0.1, 0.15) is 29.7 Å². The number of benzene rings is 1. The molecular weight excluding hydrogens is 222 g/mol. The summed E-state index contributed by atoms with van der Waals surface area (Å²) in [6.45, 7) is 5.87. The first-order chi connectivity index (χ1) is 7.43. The fourth-order valence-electron chi connectivity index (χ4n) is 2.40. The van der Waals surface area contributed by atoms with Gasteiger partial charge in [-0.3, -0.25) is 0 Å². The lowest BCUT2D eigenvalue weighted by atomic mass is 10.0. The van der Waals surface area contributed by atoms with Crippen LogP contribution in [0.5, 0.6) is 0 Å². The van der Waals surface area contributed by atoms with Crippen LogP contribution in [0.2, 0.25) is 5.15 Å². The predicted octanol–water partition coefficient (Wildman–Crippen LogP) is 3.50. The van der Waals surface area contributed by atoms with Crippen LogP contribution < -0.4 is 0 Å². The van der Waals surface area contributed by atoms with Crippen LogP contribution in [0, 0.1) is 13.8 Å². The number of aliphatic hydroxyl groups is 1. The average molecular weight is 238 g/mol. The zero-order chi connectivity index (χ0) is 12.0. The van der Waals surface area contributed by atoms with Crippen LogP contribution >= 0.6 is 11.6 Å². The highest BCUT2D eigenvalue weighted by Gasteiger charge is 2.18. The molecule has 1 heterocycles. The Kier molecular flexibility index (Phi) is 2.72. The lowest BCUT2D eigenvalue weighted by Gasteiger charge is -2.04. The zero-order valence-corrected chi connectivity index (χ0v) is 10.8. The number of nitrogens with zero attached hydrogens (tertiary/aromatic N) is 1. The molecule has 2 nitrogen and oxygen atoms in total. The molecule has 0 aliphatic carbocycles. The largest absolute Gasteiger partial charge is 0.389 e. The normalized spacial score (nSPS) is 13.4. The molecule has 0 aliphatic rings. The van der Waals surface area contributed by atoms with Crippen LogP contribution in [-0.2, 0) is 7.05 Å². The fraction of sp³-hybridized carbons (Fsp3) is 0.385. The molecule has 0 fully saturated rings. The molecule has 16 heavy (non-hydrogen) atoms. The number of halogens is 1. The van der Waals surface area contributed by atoms with Crippen LogP contribution in [0.25, 0.3) is 10.9 Å². The SMILES string of the molecule is Cc1cc(C)c2c(c1)c(C(C)O)c(Cl)n2C. The molecule has 1 unspecified atom stereocenters. The van der Waals surface area contributed by atoms with Gasteiger partial charge in [-0.25, -0.2) is 0 Å². The van der Waals surface area contributed by atoms with Crippen molar-refractivity contribution < 1.29 is 5.11 Å². The van der Waals surface area contributed by atoms with E-state index in [2.05, 4.69) is 26.0 Å². The molecule has 1 N–H and O–H groups in total. The minimum atomic E-state index is -0.544. The van der Waals surface area contributed by atoms with E-state index in [4.69, 9.17) is 11.6 Å². The van der Waals surface area contributed by atoms with Crippen molar-refractivity contribution in [2.45, 2.75) is 26.9 Å². The van der Waals surface area contributed by atoms with Crippen molar-refractivity contribution in [3.05, 3.63) is 34.0 Å². The summed E-state index contributed by atoms with van der Waals surface area (Å²) in [5.41, 5.74) is 4.30. The Morgan fingerprint density at radius 3 is 2.50 bits per heavy atom. The first-order valence-corrected chi connectivity index (χ1v) is 5.74. The Hall–Kier alpha value is -0.990. The van der Waals surface area contributed by atoms with Crippen molar-refractivity contribution in [2.75, 3.05) is 0 Å². The quantitative estimate of drug-likeness (QED) is 0.807. The Balaban J connectivity index is 2.96. The highest BCUT2D eigenvalue weighted by Crippen LogP contribution is 2.35. The van der Waals surface area contributed by atoms with Gasteiger partial charge in [0.15, 0.2) is 0 Å². The maximum absolute atomic E-state index is 9.80. The molecule has 1 aromatic heterocycles. The van der Waals surface area contributed by atoms with E-state index in [1.54, 1.807) is 6.92 Å². The van der Waals surface area contributed by atoms with Gasteiger partial charge in [0, 0.05) is 18.0 Å². The highest BCUT2D eigenvalue weighted by molar-refractivity contribution is 6.32. The van der Waals surface area contributed by atoms with Gasteiger partial charge in [-0.2, -0.15) is 0 Å². The summed E-state index contributed by atoms with van der Waals surface area (Å²) in [4.78, 5) is 0. The van der Waals surface area contributed by atoms with Crippen molar-refractivity contribution >= 4 is 22.5 Å². The Morgan fingerprint density at radius 1 is 1.31 bits per heavy atom. The Bertz CT molecular complexity index is 555. The molecule has 0 bridgehead atoms. The molecule has 3 heteroatoms. The van der Waals surface area contributed by atoms with Gasteiger partial charge in [-0.05, 0) is 32.4 Å². The van der Waals surface area contributed by atoms with E-state index >= 15 is 0 Å². The number of fused-ring (bicyclic) bond motifs is 1. The van der Waals surface area contributed by atoms with E-state index in [1.807, 2.05) is 11.6 Å². The van der Waals surface area contributed by atoms with Crippen LogP contribution in [0.3, 0.4) is 0 Å². The molecule has 1 aromatic carbocycles. The summed E-state index contributed by atoms with van der Waals surface area (Å²) < 4.78 is 1.94. The molecule has 0 saturated carbocycles. The van der Waals surface area contributed by atoms with Crippen LogP contribution in [-0.4, -0.2) is 9.67 Å². The summed E-state index contributed by atoms with van der Waals surface area (Å²) in [7, 11) is 1.93. The van der Waals surface area contributed by atoms with Crippen molar-refractivity contribution in [3.63, 3.8) is 0 Å². The number of hydrogen-bond acceptors (Lipinski definition) is 1. The standard InChI is InChI=1S/C13H16ClNO/c1-7-5-8(2)12-10(6-7)11(9(3)16)13(14)15(12)4/h5-6,9,16H,1-4H3. The van der Waals surface area contributed by atoms with Gasteiger partial charge >= 0.3 is 0 Å². The van der Waals surface area contributed by atoms with Crippen molar-refractivity contribution in [2.24, 2.45) is 7.05 Å². The molecule has 0 amide bonds. The van der Waals surface area contributed by atoms with Gasteiger partial charge in [-0.1, -0.05) is 23.2 Å². The summed E-state index contributed by atoms with van der Waals surface area (Å²) in [6, 6.07) is 4.21. The molecule has 1 atom stereocenters. The summed E-state index contributed by atoms with van der Waals surface area (Å²) >= 11 is 6.26. The molecule has 2 aromatic rings. The van der Waals surface area contributed by atoms with Crippen LogP contribution in [0.15, 0.2) is 12.1 Å². The molecule has 0 radical (unpaired) electrons. The van der Waals surface area contributed by atoms with Crippen molar-refractivity contribution in [3.8, 4) is 0 Å². The average Bonchev–Trinajstić information content (AvgIpc) is 2.38. The van der Waals surface area contributed by atoms with Gasteiger partial charge < -0.3 is 9.67 Å². The molecular formula is C13H16ClNO. The number of aliphatic hydroxyl groups excluding tert-OH is 1. The van der Waals surface area contributed by atoms with Gasteiger partial charge in [-0.15, -0.1) is 0 Å². The van der Waals surface area contributed by atoms with Crippen LogP contribution in [0.4, 0.5) is 0 Å². The van der Waals surface area contributed by atoms with E-state index in [0.29, 0.717) is 5.15 Å². The third kappa shape index (κ3) is 1.53. The van der Waals surface area contributed by atoms with E-state index in [9.17, 15) is 5.11 Å². The first-order valence-electron chi connectivity index (χ1n) is 5.36. The van der Waals surface area contributed by atoms with Crippen molar-refractivity contribution in [1.82, 2.24) is 4.57 Å². The number of hydrogen-bond donors (Lipinski definition) is 1. The molecule has 0 saturated heterocycles. The number of rotatable bonds is 1. The van der Waals surface area contributed by atoms with Gasteiger partial charge in [0.25, 0.3) is 0 Å². The third-order valence-electron chi connectivity index (χ3n) is 3.00. The fourth-order valence-corrected chi connectivity index (χ4v) is 2.74. The second kappa shape index (κ2) is 3.79. The molecule has 86 valence electrons. The van der Waals surface area contributed by atoms with E-state index in [1.165, 1.54) is 11.1 Å². The second-order valence-corrected chi connectivity index (χ2v) is 4.78. The van der Waals surface area contributed by atoms with Gasteiger partial charge in [0.2, 0.25) is 0 Å². The summed E-state index contributed by atoms with van der Waals surface area (Å²) in [5, 5.41) is 11.5. The lowest BCUT2D eigenvalue weighted by Crippen LogP contribution is -1.92. The third-order valence-corrected chi connectivity index (χ3v) is 3.46. The highest BCUT2D eigenvalue weighted by atomic mass is 35.5. The maximum atomic E-state index is 9.80. The number of aryl methyl sites for hydroxylation is 3. The zero-order valence-electron chi connectivity index (χ0n) is 10.0. The molecule has 2 rings (SSSR count). The summed E-state index contributed by atoms with van der Waals surface area (Å²) in [6.07, 6.45) is -0.544. The minimum Gasteiger partial charge on any atom is -0.389 e. The summed E-state index contributed by atoms with van der Waals surface area (Å²) in [5.74, 6) is 0. The minimum absolute atomic E-state index is 0.544. The molecule has 0 spiro atoms. The Labute approximate surface area is 100 Å². The smallest absolute Gasteiger partial charge is 0.115 e. The van der Waals surface area contributed by atoms with E-state index in [0.717, 1.165) is 16.5 Å². The predicted molar refractivity (Wildman–Crippen MR) is 68.0 cm³/mol. The topological polar surface area (TPSA) is 25.2 Å². The second-order valence-electron chi connectivity index (χ2n) is 4.42. The van der Waals surface area contributed by atoms with Crippen molar-refractivity contribution in [1.29, 1.82) is 0 Å². The van der Waals surface area contributed by atoms with E-state index in [-0.39, 0.29) is 0 Å². The number of aromatic nitrogens is 1. The first kappa shape index (κ1) is 11.5. The Morgan fingerprint density at radius 2 is 1.94 bits per heavy atom. The monoisotopic (exact) mass is 237 g/mol. The van der Waals surface area contributed by atoms with Gasteiger partial charge in [0.05, 0.1) is 11.6 Å². The lowest BCUT2D eigenvalue weighted by molar-refractivity contribution is 0.201. The van der Waals surface area contributed by atoms with Gasteiger partial charge in [0.1, 0.15) is 5.15 Å². The molecule has 0 aliphatic heterocycles. The maximum Gasteiger partial charge on any atom is 0.115 e. The van der Waals surface area contributed by atoms with E-state index < -0.39 is 6.10 Å².